The molecule has 0 radical (unpaired) electrons. The first-order chi connectivity index (χ1) is 9.49. The van der Waals surface area contributed by atoms with E-state index in [9.17, 15) is 10.1 Å². The van der Waals surface area contributed by atoms with Crippen LogP contribution >= 0.6 is 23.2 Å². The van der Waals surface area contributed by atoms with E-state index in [0.717, 1.165) is 5.56 Å². The summed E-state index contributed by atoms with van der Waals surface area (Å²) in [5, 5.41) is 14.8. The van der Waals surface area contributed by atoms with E-state index in [4.69, 9.17) is 23.2 Å². The van der Waals surface area contributed by atoms with Crippen LogP contribution in [0.2, 0.25) is 10.0 Å². The molecule has 2 aromatic carbocycles. The van der Waals surface area contributed by atoms with Crippen molar-refractivity contribution in [2.45, 2.75) is 13.0 Å². The van der Waals surface area contributed by atoms with Crippen LogP contribution in [0.15, 0.2) is 42.5 Å². The molecule has 2 rings (SSSR count). The minimum Gasteiger partial charge on any atom is -0.377 e. The van der Waals surface area contributed by atoms with Gasteiger partial charge in [-0.1, -0.05) is 41.4 Å². The van der Waals surface area contributed by atoms with E-state index in [0.29, 0.717) is 15.7 Å². The summed E-state index contributed by atoms with van der Waals surface area (Å²) in [7, 11) is 0. The van der Waals surface area contributed by atoms with Crippen molar-refractivity contribution in [3.05, 3.63) is 68.2 Å². The predicted octanol–water partition coefficient (Wildman–Crippen LogP) is 5.07. The summed E-state index contributed by atoms with van der Waals surface area (Å²) in [4.78, 5) is 10.2. The molecule has 0 saturated carbocycles. The Bertz CT molecular complexity index is 647. The summed E-state index contributed by atoms with van der Waals surface area (Å²) in [6.45, 7) is 1.94. The highest BCUT2D eigenvalue weighted by Gasteiger charge is 2.13. The number of non-ortho nitro benzene ring substituents is 1. The Labute approximate surface area is 126 Å². The molecular formula is C14H12Cl2N2O2. The Balaban J connectivity index is 2.22. The van der Waals surface area contributed by atoms with E-state index in [-0.39, 0.29) is 11.7 Å². The van der Waals surface area contributed by atoms with Crippen LogP contribution < -0.4 is 5.32 Å². The van der Waals surface area contributed by atoms with Gasteiger partial charge < -0.3 is 5.32 Å². The van der Waals surface area contributed by atoms with Crippen LogP contribution in [0.3, 0.4) is 0 Å². The SMILES string of the molecule is CC(Nc1ccc([N+](=O)[O-])cc1Cl)c1ccccc1Cl. The standard InChI is InChI=1S/C14H12Cl2N2O2/c1-9(11-4-2-3-5-12(11)15)17-14-7-6-10(18(19)20)8-13(14)16/h2-9,17H,1H3. The lowest BCUT2D eigenvalue weighted by Gasteiger charge is -2.17. The molecule has 0 saturated heterocycles. The highest BCUT2D eigenvalue weighted by Crippen LogP contribution is 2.31. The second-order valence-corrected chi connectivity index (χ2v) is 5.12. The van der Waals surface area contributed by atoms with Gasteiger partial charge in [-0.2, -0.15) is 0 Å². The molecular weight excluding hydrogens is 299 g/mol. The van der Waals surface area contributed by atoms with Crippen LogP contribution in [0.1, 0.15) is 18.5 Å². The van der Waals surface area contributed by atoms with E-state index in [2.05, 4.69) is 5.32 Å². The lowest BCUT2D eigenvalue weighted by Crippen LogP contribution is -2.07. The van der Waals surface area contributed by atoms with Gasteiger partial charge in [0, 0.05) is 17.2 Å². The molecule has 0 aromatic heterocycles. The lowest BCUT2D eigenvalue weighted by molar-refractivity contribution is -0.384. The highest BCUT2D eigenvalue weighted by molar-refractivity contribution is 6.33. The summed E-state index contributed by atoms with van der Waals surface area (Å²) < 4.78 is 0. The highest BCUT2D eigenvalue weighted by atomic mass is 35.5. The fourth-order valence-electron chi connectivity index (χ4n) is 1.87. The van der Waals surface area contributed by atoms with Crippen LogP contribution in [0, 0.1) is 10.1 Å². The fraction of sp³-hybridized carbons (Fsp3) is 0.143. The molecule has 20 heavy (non-hydrogen) atoms. The third-order valence-corrected chi connectivity index (χ3v) is 3.56. The normalized spacial score (nSPS) is 11.9. The first-order valence-electron chi connectivity index (χ1n) is 5.94. The quantitative estimate of drug-likeness (QED) is 0.633. The number of halogens is 2. The Morgan fingerprint density at radius 1 is 1.15 bits per heavy atom. The minimum absolute atomic E-state index is 0.0362. The van der Waals surface area contributed by atoms with Crippen molar-refractivity contribution in [2.75, 3.05) is 5.32 Å². The smallest absolute Gasteiger partial charge is 0.271 e. The van der Waals surface area contributed by atoms with Gasteiger partial charge in [-0.25, -0.2) is 0 Å². The molecule has 1 atom stereocenters. The first-order valence-corrected chi connectivity index (χ1v) is 6.69. The van der Waals surface area contributed by atoms with Gasteiger partial charge in [0.2, 0.25) is 0 Å². The second kappa shape index (κ2) is 6.11. The van der Waals surface area contributed by atoms with Crippen molar-refractivity contribution in [2.24, 2.45) is 0 Å². The molecule has 0 spiro atoms. The predicted molar refractivity (Wildman–Crippen MR) is 81.6 cm³/mol. The lowest BCUT2D eigenvalue weighted by atomic mass is 10.1. The maximum absolute atomic E-state index is 10.7. The van der Waals surface area contributed by atoms with Gasteiger partial charge in [-0.05, 0) is 24.6 Å². The maximum Gasteiger partial charge on any atom is 0.271 e. The van der Waals surface area contributed by atoms with Crippen LogP contribution in [0.4, 0.5) is 11.4 Å². The molecule has 0 bridgehead atoms. The third kappa shape index (κ3) is 3.21. The second-order valence-electron chi connectivity index (χ2n) is 4.31. The number of nitro groups is 1. The summed E-state index contributed by atoms with van der Waals surface area (Å²) in [5.41, 5.74) is 1.53. The van der Waals surface area contributed by atoms with Crippen molar-refractivity contribution in [1.82, 2.24) is 0 Å². The van der Waals surface area contributed by atoms with E-state index >= 15 is 0 Å². The molecule has 104 valence electrons. The van der Waals surface area contributed by atoms with E-state index < -0.39 is 4.92 Å². The molecule has 0 aliphatic carbocycles. The Morgan fingerprint density at radius 2 is 1.85 bits per heavy atom. The summed E-state index contributed by atoms with van der Waals surface area (Å²) in [6.07, 6.45) is 0. The average Bonchev–Trinajstić information content (AvgIpc) is 2.41. The zero-order chi connectivity index (χ0) is 14.7. The van der Waals surface area contributed by atoms with E-state index in [1.165, 1.54) is 12.1 Å². The largest absolute Gasteiger partial charge is 0.377 e. The molecule has 6 heteroatoms. The molecule has 0 aliphatic heterocycles. The Hall–Kier alpha value is -1.78. The summed E-state index contributed by atoms with van der Waals surface area (Å²) >= 11 is 12.2. The Kier molecular flexibility index (Phi) is 4.47. The minimum atomic E-state index is -0.479. The summed E-state index contributed by atoms with van der Waals surface area (Å²) in [6, 6.07) is 11.7. The molecule has 0 aliphatic rings. The van der Waals surface area contributed by atoms with Crippen LogP contribution in [0.25, 0.3) is 0 Å². The van der Waals surface area contributed by atoms with Crippen LogP contribution in [-0.2, 0) is 0 Å². The molecule has 0 fully saturated rings. The van der Waals surface area contributed by atoms with Gasteiger partial charge in [0.15, 0.2) is 0 Å². The summed E-state index contributed by atoms with van der Waals surface area (Å²) in [5.74, 6) is 0. The van der Waals surface area contributed by atoms with Crippen LogP contribution in [-0.4, -0.2) is 4.92 Å². The van der Waals surface area contributed by atoms with E-state index in [1.54, 1.807) is 6.07 Å². The molecule has 4 nitrogen and oxygen atoms in total. The average molecular weight is 311 g/mol. The number of anilines is 1. The Morgan fingerprint density at radius 3 is 2.45 bits per heavy atom. The number of hydrogen-bond donors (Lipinski definition) is 1. The number of benzene rings is 2. The van der Waals surface area contributed by atoms with Crippen molar-refractivity contribution < 1.29 is 4.92 Å². The van der Waals surface area contributed by atoms with Crippen molar-refractivity contribution in [3.63, 3.8) is 0 Å². The van der Waals surface area contributed by atoms with Gasteiger partial charge >= 0.3 is 0 Å². The zero-order valence-electron chi connectivity index (χ0n) is 10.6. The zero-order valence-corrected chi connectivity index (χ0v) is 12.2. The van der Waals surface area contributed by atoms with E-state index in [1.807, 2.05) is 31.2 Å². The van der Waals surface area contributed by atoms with Gasteiger partial charge in [0.1, 0.15) is 0 Å². The topological polar surface area (TPSA) is 55.2 Å². The molecule has 0 amide bonds. The van der Waals surface area contributed by atoms with Gasteiger partial charge in [-0.3, -0.25) is 10.1 Å². The number of hydrogen-bond acceptors (Lipinski definition) is 3. The van der Waals surface area contributed by atoms with Crippen molar-refractivity contribution >= 4 is 34.6 Å². The number of nitrogens with zero attached hydrogens (tertiary/aromatic N) is 1. The number of rotatable bonds is 4. The maximum atomic E-state index is 10.7. The third-order valence-electron chi connectivity index (χ3n) is 2.91. The number of nitrogens with one attached hydrogen (secondary N) is 1. The van der Waals surface area contributed by atoms with Crippen molar-refractivity contribution in [3.8, 4) is 0 Å². The molecule has 2 aromatic rings. The van der Waals surface area contributed by atoms with Gasteiger partial charge in [0.25, 0.3) is 5.69 Å². The molecule has 1 unspecified atom stereocenters. The molecule has 0 heterocycles. The molecule has 1 N–H and O–H groups in total. The van der Waals surface area contributed by atoms with Gasteiger partial charge in [0.05, 0.1) is 21.7 Å². The first kappa shape index (κ1) is 14.6. The number of nitro benzene ring substituents is 1. The van der Waals surface area contributed by atoms with Gasteiger partial charge in [-0.15, -0.1) is 0 Å². The monoisotopic (exact) mass is 310 g/mol. The fourth-order valence-corrected chi connectivity index (χ4v) is 2.40. The van der Waals surface area contributed by atoms with Crippen molar-refractivity contribution in [1.29, 1.82) is 0 Å². The van der Waals surface area contributed by atoms with Crippen LogP contribution in [0.5, 0.6) is 0 Å².